The monoisotopic (exact) mass is 352 g/mol. The van der Waals surface area contributed by atoms with Crippen LogP contribution in [0, 0.1) is 0 Å². The number of ether oxygens (including phenoxy) is 1. The first-order valence-electron chi connectivity index (χ1n) is 8.59. The zero-order valence-electron chi connectivity index (χ0n) is 13.9. The van der Waals surface area contributed by atoms with Crippen LogP contribution in [0.15, 0.2) is 48.5 Å². The fraction of sp³-hybridized carbons (Fsp3) is 0.300. The minimum atomic E-state index is -0.0668. The van der Waals surface area contributed by atoms with Crippen molar-refractivity contribution in [3.63, 3.8) is 0 Å². The second kappa shape index (κ2) is 7.33. The van der Waals surface area contributed by atoms with Gasteiger partial charge in [0.1, 0.15) is 11.6 Å². The van der Waals surface area contributed by atoms with Gasteiger partial charge in [0, 0.05) is 0 Å². The van der Waals surface area contributed by atoms with Crippen LogP contribution in [0.1, 0.15) is 35.0 Å². The van der Waals surface area contributed by atoms with E-state index in [0.717, 1.165) is 34.5 Å². The minimum absolute atomic E-state index is 0.0641. The summed E-state index contributed by atoms with van der Waals surface area (Å²) in [5.41, 5.74) is 3.57. The highest BCUT2D eigenvalue weighted by atomic mass is 32.1. The van der Waals surface area contributed by atoms with Crippen LogP contribution in [-0.2, 0) is 22.6 Å². The molecule has 4 nitrogen and oxygen atoms in total. The SMILES string of the molecule is O=C(COCc1nc2ccccc2s1)NC1CCCc2ccccc21. The summed E-state index contributed by atoms with van der Waals surface area (Å²) in [6, 6.07) is 16.5. The molecule has 1 amide bonds. The molecule has 128 valence electrons. The van der Waals surface area contributed by atoms with Crippen molar-refractivity contribution in [2.75, 3.05) is 6.61 Å². The lowest BCUT2D eigenvalue weighted by Crippen LogP contribution is -2.33. The third-order valence-corrected chi connectivity index (χ3v) is 5.51. The summed E-state index contributed by atoms with van der Waals surface area (Å²) >= 11 is 1.61. The summed E-state index contributed by atoms with van der Waals surface area (Å²) in [6.45, 7) is 0.433. The van der Waals surface area contributed by atoms with Gasteiger partial charge < -0.3 is 10.1 Å². The Balaban J connectivity index is 1.31. The second-order valence-corrected chi connectivity index (χ2v) is 7.39. The molecule has 2 aromatic carbocycles. The summed E-state index contributed by atoms with van der Waals surface area (Å²) in [6.07, 6.45) is 3.19. The third kappa shape index (κ3) is 3.72. The van der Waals surface area contributed by atoms with Crippen molar-refractivity contribution >= 4 is 27.5 Å². The molecular formula is C20H20N2O2S. The van der Waals surface area contributed by atoms with Crippen LogP contribution in [-0.4, -0.2) is 17.5 Å². The van der Waals surface area contributed by atoms with E-state index in [1.54, 1.807) is 11.3 Å². The fourth-order valence-corrected chi connectivity index (χ4v) is 4.26. The molecule has 25 heavy (non-hydrogen) atoms. The lowest BCUT2D eigenvalue weighted by molar-refractivity contribution is -0.127. The van der Waals surface area contributed by atoms with Crippen molar-refractivity contribution in [1.29, 1.82) is 0 Å². The molecule has 0 spiro atoms. The molecule has 0 aliphatic heterocycles. The molecule has 1 atom stereocenters. The lowest BCUT2D eigenvalue weighted by atomic mass is 9.88. The Labute approximate surface area is 150 Å². The van der Waals surface area contributed by atoms with Gasteiger partial charge in [-0.25, -0.2) is 4.98 Å². The van der Waals surface area contributed by atoms with Crippen LogP contribution in [0.3, 0.4) is 0 Å². The van der Waals surface area contributed by atoms with Crippen molar-refractivity contribution in [2.45, 2.75) is 31.9 Å². The van der Waals surface area contributed by atoms with Gasteiger partial charge in [0.2, 0.25) is 5.91 Å². The smallest absolute Gasteiger partial charge is 0.246 e. The molecule has 0 fully saturated rings. The maximum atomic E-state index is 12.2. The standard InChI is InChI=1S/C20H20N2O2S/c23-19(21-16-10-5-7-14-6-1-2-8-15(14)16)12-24-13-20-22-17-9-3-4-11-18(17)25-20/h1-4,6,8-9,11,16H,5,7,10,12-13H2,(H,21,23). The van der Waals surface area contributed by atoms with E-state index in [-0.39, 0.29) is 18.6 Å². The van der Waals surface area contributed by atoms with Gasteiger partial charge >= 0.3 is 0 Å². The fourth-order valence-electron chi connectivity index (χ4n) is 3.35. The molecule has 0 saturated heterocycles. The van der Waals surface area contributed by atoms with E-state index >= 15 is 0 Å². The first-order chi connectivity index (χ1) is 12.3. The Hall–Kier alpha value is -2.24. The van der Waals surface area contributed by atoms with Crippen molar-refractivity contribution in [3.05, 3.63) is 64.7 Å². The quantitative estimate of drug-likeness (QED) is 0.755. The maximum Gasteiger partial charge on any atom is 0.246 e. The molecule has 0 radical (unpaired) electrons. The van der Waals surface area contributed by atoms with Gasteiger partial charge in [-0.15, -0.1) is 11.3 Å². The van der Waals surface area contributed by atoms with E-state index in [1.165, 1.54) is 11.1 Å². The highest BCUT2D eigenvalue weighted by Crippen LogP contribution is 2.29. The number of hydrogen-bond donors (Lipinski definition) is 1. The van der Waals surface area contributed by atoms with Gasteiger partial charge in [0.25, 0.3) is 0 Å². The summed E-state index contributed by atoms with van der Waals surface area (Å²) in [4.78, 5) is 16.7. The molecule has 0 bridgehead atoms. The van der Waals surface area contributed by atoms with E-state index in [2.05, 4.69) is 28.5 Å². The number of amides is 1. The predicted octanol–water partition coefficient (Wildman–Crippen LogP) is 4.01. The maximum absolute atomic E-state index is 12.2. The van der Waals surface area contributed by atoms with Crippen molar-refractivity contribution in [3.8, 4) is 0 Å². The van der Waals surface area contributed by atoms with Crippen molar-refractivity contribution in [2.24, 2.45) is 0 Å². The zero-order valence-corrected chi connectivity index (χ0v) is 14.7. The third-order valence-electron chi connectivity index (χ3n) is 4.50. The number of carbonyl (C=O) groups is 1. The highest BCUT2D eigenvalue weighted by Gasteiger charge is 2.21. The Bertz CT molecular complexity index is 857. The zero-order chi connectivity index (χ0) is 17.1. The Morgan fingerprint density at radius 2 is 2.04 bits per heavy atom. The first-order valence-corrected chi connectivity index (χ1v) is 9.40. The number of aryl methyl sites for hydroxylation is 1. The van der Waals surface area contributed by atoms with Crippen LogP contribution in [0.25, 0.3) is 10.2 Å². The van der Waals surface area contributed by atoms with Gasteiger partial charge in [-0.05, 0) is 42.5 Å². The van der Waals surface area contributed by atoms with Gasteiger partial charge in [-0.2, -0.15) is 0 Å². The number of hydrogen-bond acceptors (Lipinski definition) is 4. The molecule has 1 heterocycles. The number of rotatable bonds is 5. The highest BCUT2D eigenvalue weighted by molar-refractivity contribution is 7.18. The molecular weight excluding hydrogens is 332 g/mol. The average molecular weight is 352 g/mol. The number of benzene rings is 2. The second-order valence-electron chi connectivity index (χ2n) is 6.28. The topological polar surface area (TPSA) is 51.2 Å². The van der Waals surface area contributed by atoms with E-state index in [1.807, 2.05) is 30.3 Å². The largest absolute Gasteiger partial charge is 0.364 e. The van der Waals surface area contributed by atoms with Crippen LogP contribution in [0.5, 0.6) is 0 Å². The molecule has 1 aliphatic rings. The van der Waals surface area contributed by atoms with Gasteiger partial charge in [0.05, 0.1) is 22.9 Å². The summed E-state index contributed by atoms with van der Waals surface area (Å²) in [5.74, 6) is -0.0668. The summed E-state index contributed by atoms with van der Waals surface area (Å²) < 4.78 is 6.72. The predicted molar refractivity (Wildman–Crippen MR) is 99.5 cm³/mol. The van der Waals surface area contributed by atoms with E-state index in [4.69, 9.17) is 4.74 Å². The number of aromatic nitrogens is 1. The average Bonchev–Trinajstić information content (AvgIpc) is 3.05. The van der Waals surface area contributed by atoms with E-state index in [9.17, 15) is 4.79 Å². The van der Waals surface area contributed by atoms with Crippen LogP contribution < -0.4 is 5.32 Å². The summed E-state index contributed by atoms with van der Waals surface area (Å²) in [7, 11) is 0. The first kappa shape index (κ1) is 16.2. The number of nitrogens with zero attached hydrogens (tertiary/aromatic N) is 1. The number of carbonyl (C=O) groups excluding carboxylic acids is 1. The van der Waals surface area contributed by atoms with Gasteiger partial charge in [-0.3, -0.25) is 4.79 Å². The molecule has 5 heteroatoms. The Morgan fingerprint density at radius 3 is 2.96 bits per heavy atom. The van der Waals surface area contributed by atoms with Crippen LogP contribution in [0.4, 0.5) is 0 Å². The van der Waals surface area contributed by atoms with Crippen molar-refractivity contribution in [1.82, 2.24) is 10.3 Å². The minimum Gasteiger partial charge on any atom is -0.364 e. The van der Waals surface area contributed by atoms with Gasteiger partial charge in [-0.1, -0.05) is 36.4 Å². The molecule has 4 rings (SSSR count). The van der Waals surface area contributed by atoms with Gasteiger partial charge in [0.15, 0.2) is 0 Å². The number of thiazole rings is 1. The normalized spacial score (nSPS) is 16.6. The Kier molecular flexibility index (Phi) is 4.76. The number of nitrogens with one attached hydrogen (secondary N) is 1. The number of para-hydroxylation sites is 1. The lowest BCUT2D eigenvalue weighted by Gasteiger charge is -2.26. The van der Waals surface area contributed by atoms with E-state index < -0.39 is 0 Å². The Morgan fingerprint density at radius 1 is 1.20 bits per heavy atom. The van der Waals surface area contributed by atoms with Crippen LogP contribution in [0.2, 0.25) is 0 Å². The molecule has 1 N–H and O–H groups in total. The number of fused-ring (bicyclic) bond motifs is 2. The van der Waals surface area contributed by atoms with E-state index in [0.29, 0.717) is 6.61 Å². The molecule has 1 aromatic heterocycles. The van der Waals surface area contributed by atoms with Crippen molar-refractivity contribution < 1.29 is 9.53 Å². The molecule has 1 unspecified atom stereocenters. The molecule has 1 aliphatic carbocycles. The molecule has 3 aromatic rings. The summed E-state index contributed by atoms with van der Waals surface area (Å²) in [5, 5.41) is 4.01. The van der Waals surface area contributed by atoms with Crippen LogP contribution >= 0.6 is 11.3 Å². The molecule has 0 saturated carbocycles.